The zero-order chi connectivity index (χ0) is 13.7. The summed E-state index contributed by atoms with van der Waals surface area (Å²) >= 11 is 0. The van der Waals surface area contributed by atoms with Crippen molar-refractivity contribution in [3.05, 3.63) is 24.3 Å². The van der Waals surface area contributed by atoms with Crippen molar-refractivity contribution in [3.8, 4) is 5.75 Å². The number of benzene rings is 1. The Kier molecular flexibility index (Phi) is 4.80. The fourth-order valence-corrected chi connectivity index (χ4v) is 2.28. The van der Waals surface area contributed by atoms with E-state index in [4.69, 9.17) is 4.74 Å². The Bertz CT molecular complexity index is 434. The summed E-state index contributed by atoms with van der Waals surface area (Å²) in [5.74, 6) is 1.34. The van der Waals surface area contributed by atoms with Gasteiger partial charge in [-0.1, -0.05) is 19.9 Å². The van der Waals surface area contributed by atoms with Gasteiger partial charge in [0.2, 0.25) is 5.91 Å². The van der Waals surface area contributed by atoms with Gasteiger partial charge in [0.1, 0.15) is 5.75 Å². The number of nitrogens with one attached hydrogen (secondary N) is 2. The van der Waals surface area contributed by atoms with Crippen molar-refractivity contribution < 1.29 is 9.53 Å². The Labute approximate surface area is 114 Å². The van der Waals surface area contributed by atoms with Crippen molar-refractivity contribution in [1.82, 2.24) is 5.32 Å². The van der Waals surface area contributed by atoms with Crippen LogP contribution < -0.4 is 15.4 Å². The van der Waals surface area contributed by atoms with Gasteiger partial charge in [0.15, 0.2) is 0 Å². The van der Waals surface area contributed by atoms with Crippen molar-refractivity contribution >= 4 is 11.6 Å². The smallest absolute Gasteiger partial charge is 0.229 e. The van der Waals surface area contributed by atoms with Crippen LogP contribution in [0, 0.1) is 11.8 Å². The van der Waals surface area contributed by atoms with Gasteiger partial charge in [-0.05, 0) is 31.0 Å². The summed E-state index contributed by atoms with van der Waals surface area (Å²) in [4.78, 5) is 12.2. The molecule has 0 radical (unpaired) electrons. The van der Waals surface area contributed by atoms with E-state index in [0.29, 0.717) is 12.5 Å². The van der Waals surface area contributed by atoms with E-state index in [1.165, 1.54) is 0 Å². The van der Waals surface area contributed by atoms with Crippen LogP contribution in [-0.4, -0.2) is 25.6 Å². The minimum Gasteiger partial charge on any atom is -0.494 e. The number of rotatable bonds is 5. The predicted molar refractivity (Wildman–Crippen MR) is 76.4 cm³/mol. The molecule has 2 rings (SSSR count). The SMILES string of the molecule is CCCOc1cccc(NC(=O)C2CNCC2C)c1. The molecule has 2 atom stereocenters. The minimum atomic E-state index is 0.0558. The second-order valence-electron chi connectivity index (χ2n) is 5.11. The monoisotopic (exact) mass is 262 g/mol. The molecule has 19 heavy (non-hydrogen) atoms. The molecule has 0 spiro atoms. The van der Waals surface area contributed by atoms with Gasteiger partial charge in [-0.3, -0.25) is 4.79 Å². The number of amides is 1. The average Bonchev–Trinajstić information content (AvgIpc) is 2.83. The van der Waals surface area contributed by atoms with Crippen LogP contribution >= 0.6 is 0 Å². The third-order valence-electron chi connectivity index (χ3n) is 3.43. The first-order valence-corrected chi connectivity index (χ1v) is 6.95. The summed E-state index contributed by atoms with van der Waals surface area (Å²) in [6.45, 7) is 6.54. The van der Waals surface area contributed by atoms with Crippen LogP contribution in [-0.2, 0) is 4.79 Å². The van der Waals surface area contributed by atoms with E-state index >= 15 is 0 Å². The van der Waals surface area contributed by atoms with E-state index in [-0.39, 0.29) is 11.8 Å². The molecule has 1 saturated heterocycles. The Hall–Kier alpha value is -1.55. The number of ether oxygens (including phenoxy) is 1. The maximum atomic E-state index is 12.2. The molecule has 1 aromatic rings. The summed E-state index contributed by atoms with van der Waals surface area (Å²) in [6.07, 6.45) is 0.974. The van der Waals surface area contributed by atoms with Crippen LogP contribution in [0.5, 0.6) is 5.75 Å². The molecule has 1 fully saturated rings. The van der Waals surface area contributed by atoms with Gasteiger partial charge >= 0.3 is 0 Å². The van der Waals surface area contributed by atoms with Crippen LogP contribution in [0.3, 0.4) is 0 Å². The average molecular weight is 262 g/mol. The first-order chi connectivity index (χ1) is 9.20. The van der Waals surface area contributed by atoms with Crippen molar-refractivity contribution in [1.29, 1.82) is 0 Å². The molecule has 1 heterocycles. The van der Waals surface area contributed by atoms with Crippen LogP contribution in [0.4, 0.5) is 5.69 Å². The highest BCUT2D eigenvalue weighted by atomic mass is 16.5. The summed E-state index contributed by atoms with van der Waals surface area (Å²) in [5, 5.41) is 6.21. The van der Waals surface area contributed by atoms with Gasteiger partial charge in [0, 0.05) is 18.3 Å². The molecule has 1 aromatic carbocycles. The van der Waals surface area contributed by atoms with E-state index in [9.17, 15) is 4.79 Å². The minimum absolute atomic E-state index is 0.0558. The van der Waals surface area contributed by atoms with Crippen LogP contribution in [0.1, 0.15) is 20.3 Å². The van der Waals surface area contributed by atoms with Gasteiger partial charge in [-0.2, -0.15) is 0 Å². The Morgan fingerprint density at radius 1 is 1.47 bits per heavy atom. The maximum absolute atomic E-state index is 12.2. The lowest BCUT2D eigenvalue weighted by Gasteiger charge is -2.14. The summed E-state index contributed by atoms with van der Waals surface area (Å²) in [7, 11) is 0. The number of carbonyl (C=O) groups is 1. The van der Waals surface area contributed by atoms with Crippen LogP contribution in [0.2, 0.25) is 0 Å². The van der Waals surface area contributed by atoms with E-state index in [1.807, 2.05) is 24.3 Å². The number of hydrogen-bond acceptors (Lipinski definition) is 3. The molecule has 0 saturated carbocycles. The summed E-state index contributed by atoms with van der Waals surface area (Å²) in [6, 6.07) is 7.58. The topological polar surface area (TPSA) is 50.4 Å². The lowest BCUT2D eigenvalue weighted by molar-refractivity contribution is -0.120. The molecule has 2 unspecified atom stereocenters. The molecule has 1 amide bonds. The molecular formula is C15H22N2O2. The first kappa shape index (κ1) is 13.9. The van der Waals surface area contributed by atoms with Gasteiger partial charge in [-0.15, -0.1) is 0 Å². The second-order valence-corrected chi connectivity index (χ2v) is 5.11. The standard InChI is InChI=1S/C15H22N2O2/c1-3-7-19-13-6-4-5-12(8-13)17-15(18)14-10-16-9-11(14)2/h4-6,8,11,14,16H,3,7,9-10H2,1-2H3,(H,17,18). The van der Waals surface area contributed by atoms with E-state index in [0.717, 1.165) is 30.9 Å². The quantitative estimate of drug-likeness (QED) is 0.856. The van der Waals surface area contributed by atoms with Crippen molar-refractivity contribution in [2.75, 3.05) is 25.0 Å². The molecule has 104 valence electrons. The largest absolute Gasteiger partial charge is 0.494 e. The van der Waals surface area contributed by atoms with Gasteiger partial charge in [0.05, 0.1) is 12.5 Å². The highest BCUT2D eigenvalue weighted by molar-refractivity contribution is 5.93. The summed E-state index contributed by atoms with van der Waals surface area (Å²) < 4.78 is 5.56. The molecule has 1 aliphatic rings. The second kappa shape index (κ2) is 6.57. The van der Waals surface area contributed by atoms with Crippen molar-refractivity contribution in [2.45, 2.75) is 20.3 Å². The highest BCUT2D eigenvalue weighted by Gasteiger charge is 2.29. The number of anilines is 1. The first-order valence-electron chi connectivity index (χ1n) is 6.95. The maximum Gasteiger partial charge on any atom is 0.229 e. The molecule has 0 aliphatic carbocycles. The lowest BCUT2D eigenvalue weighted by Crippen LogP contribution is -2.27. The van der Waals surface area contributed by atoms with E-state index in [1.54, 1.807) is 0 Å². The molecule has 0 aromatic heterocycles. The third-order valence-corrected chi connectivity index (χ3v) is 3.43. The molecule has 0 bridgehead atoms. The van der Waals surface area contributed by atoms with Gasteiger partial charge in [-0.25, -0.2) is 0 Å². The fourth-order valence-electron chi connectivity index (χ4n) is 2.28. The molecule has 2 N–H and O–H groups in total. The van der Waals surface area contributed by atoms with Gasteiger partial charge in [0.25, 0.3) is 0 Å². The summed E-state index contributed by atoms with van der Waals surface area (Å²) in [5.41, 5.74) is 0.803. The number of hydrogen-bond donors (Lipinski definition) is 2. The zero-order valence-corrected chi connectivity index (χ0v) is 11.6. The molecular weight excluding hydrogens is 240 g/mol. The predicted octanol–water partition coefficient (Wildman–Crippen LogP) is 2.27. The molecule has 4 heteroatoms. The Morgan fingerprint density at radius 3 is 3.00 bits per heavy atom. The highest BCUT2D eigenvalue weighted by Crippen LogP contribution is 2.21. The Morgan fingerprint density at radius 2 is 2.32 bits per heavy atom. The van der Waals surface area contributed by atoms with Gasteiger partial charge < -0.3 is 15.4 Å². The lowest BCUT2D eigenvalue weighted by atomic mass is 9.97. The van der Waals surface area contributed by atoms with Crippen molar-refractivity contribution in [2.24, 2.45) is 11.8 Å². The number of carbonyl (C=O) groups excluding carboxylic acids is 1. The molecule has 1 aliphatic heterocycles. The normalized spacial score (nSPS) is 22.2. The Balaban J connectivity index is 1.96. The molecule has 4 nitrogen and oxygen atoms in total. The third kappa shape index (κ3) is 3.70. The van der Waals surface area contributed by atoms with Crippen LogP contribution in [0.25, 0.3) is 0 Å². The van der Waals surface area contributed by atoms with Crippen molar-refractivity contribution in [3.63, 3.8) is 0 Å². The van der Waals surface area contributed by atoms with E-state index in [2.05, 4.69) is 24.5 Å². The zero-order valence-electron chi connectivity index (χ0n) is 11.6. The van der Waals surface area contributed by atoms with E-state index < -0.39 is 0 Å². The van der Waals surface area contributed by atoms with Crippen LogP contribution in [0.15, 0.2) is 24.3 Å². The fraction of sp³-hybridized carbons (Fsp3) is 0.533.